The predicted molar refractivity (Wildman–Crippen MR) is 75.7 cm³/mol. The fourth-order valence-corrected chi connectivity index (χ4v) is 1.68. The number of aromatic nitrogens is 1. The molecule has 3 nitrogen and oxygen atoms in total. The molecule has 0 saturated carbocycles. The molecule has 0 saturated heterocycles. The summed E-state index contributed by atoms with van der Waals surface area (Å²) in [5, 5.41) is 3.77. The highest BCUT2D eigenvalue weighted by Gasteiger charge is 2.46. The molecule has 21 heavy (non-hydrogen) atoms. The Morgan fingerprint density at radius 1 is 1.19 bits per heavy atom. The molecule has 2 rings (SSSR count). The van der Waals surface area contributed by atoms with Gasteiger partial charge in [0.05, 0.1) is 12.0 Å². The van der Waals surface area contributed by atoms with E-state index in [1.165, 1.54) is 13.8 Å². The molecule has 0 aliphatic rings. The third-order valence-corrected chi connectivity index (χ3v) is 3.69. The third kappa shape index (κ3) is 3.47. The Hall–Kier alpha value is -1.75. The molecule has 0 spiro atoms. The van der Waals surface area contributed by atoms with Crippen LogP contribution in [0.15, 0.2) is 40.9 Å². The second-order valence-corrected chi connectivity index (χ2v) is 5.59. The highest BCUT2D eigenvalue weighted by molar-refractivity contribution is 5.56. The van der Waals surface area contributed by atoms with Crippen molar-refractivity contribution in [2.24, 2.45) is 5.41 Å². The van der Waals surface area contributed by atoms with Crippen LogP contribution in [0.1, 0.15) is 32.9 Å². The molecule has 0 bridgehead atoms. The normalized spacial score (nSPS) is 12.6. The Bertz CT molecular complexity index is 579. The highest BCUT2D eigenvalue weighted by Crippen LogP contribution is 2.40. The lowest BCUT2D eigenvalue weighted by molar-refractivity contribution is -0.306. The molecular formula is C16H19F2NO2. The topological polar surface area (TPSA) is 35.3 Å². The van der Waals surface area contributed by atoms with Crippen LogP contribution < -0.4 is 0 Å². The fourth-order valence-electron chi connectivity index (χ4n) is 1.68. The van der Waals surface area contributed by atoms with Crippen LogP contribution in [0.25, 0.3) is 11.3 Å². The third-order valence-electron chi connectivity index (χ3n) is 3.69. The van der Waals surface area contributed by atoms with Crippen molar-refractivity contribution >= 4 is 0 Å². The van der Waals surface area contributed by atoms with E-state index in [-0.39, 0.29) is 6.61 Å². The van der Waals surface area contributed by atoms with Crippen LogP contribution in [0.5, 0.6) is 0 Å². The van der Waals surface area contributed by atoms with E-state index in [2.05, 4.69) is 5.16 Å². The summed E-state index contributed by atoms with van der Waals surface area (Å²) >= 11 is 0. The van der Waals surface area contributed by atoms with E-state index >= 15 is 0 Å². The summed E-state index contributed by atoms with van der Waals surface area (Å²) in [6.45, 7) is 4.38. The first kappa shape index (κ1) is 15.6. The molecule has 0 N–H and O–H groups in total. The number of benzene rings is 1. The van der Waals surface area contributed by atoms with E-state index < -0.39 is 11.5 Å². The van der Waals surface area contributed by atoms with Crippen LogP contribution in [0.3, 0.4) is 0 Å². The van der Waals surface area contributed by atoms with Gasteiger partial charge in [0.15, 0.2) is 5.76 Å². The monoisotopic (exact) mass is 295 g/mol. The smallest absolute Gasteiger partial charge is 0.356 e. The van der Waals surface area contributed by atoms with Gasteiger partial charge in [-0.2, -0.15) is 8.78 Å². The molecule has 0 aliphatic heterocycles. The Labute approximate surface area is 122 Å². The summed E-state index contributed by atoms with van der Waals surface area (Å²) in [4.78, 5) is 0. The molecule has 0 aliphatic carbocycles. The van der Waals surface area contributed by atoms with Gasteiger partial charge in [0, 0.05) is 11.6 Å². The second-order valence-electron chi connectivity index (χ2n) is 5.59. The van der Waals surface area contributed by atoms with E-state index in [1.54, 1.807) is 13.0 Å². The van der Waals surface area contributed by atoms with Gasteiger partial charge in [-0.05, 0) is 6.42 Å². The lowest BCUT2D eigenvalue weighted by Crippen LogP contribution is -2.38. The maximum atomic E-state index is 13.9. The van der Waals surface area contributed by atoms with E-state index in [4.69, 9.17) is 9.26 Å². The number of halogens is 2. The van der Waals surface area contributed by atoms with E-state index in [9.17, 15) is 8.78 Å². The molecule has 0 radical (unpaired) electrons. The van der Waals surface area contributed by atoms with E-state index in [1.807, 2.05) is 30.3 Å². The minimum absolute atomic E-state index is 0.285. The average molecular weight is 295 g/mol. The van der Waals surface area contributed by atoms with Crippen molar-refractivity contribution in [1.29, 1.82) is 0 Å². The first-order valence-electron chi connectivity index (χ1n) is 6.88. The molecule has 0 atom stereocenters. The van der Waals surface area contributed by atoms with Crippen molar-refractivity contribution in [3.63, 3.8) is 0 Å². The number of ether oxygens (including phenoxy) is 1. The summed E-state index contributed by atoms with van der Waals surface area (Å²) in [5.74, 6) is 0.535. The first-order valence-corrected chi connectivity index (χ1v) is 6.88. The standard InChI is InChI=1S/C16H19F2NO2/c1-4-15(2,3)16(17,18)20-11-13-10-14(21-19-13)12-8-6-5-7-9-12/h5-10H,4,11H2,1-3H3. The Morgan fingerprint density at radius 3 is 2.48 bits per heavy atom. The van der Waals surface area contributed by atoms with Crippen molar-refractivity contribution in [2.75, 3.05) is 0 Å². The summed E-state index contributed by atoms with van der Waals surface area (Å²) in [6.07, 6.45) is -2.90. The minimum Gasteiger partial charge on any atom is -0.356 e. The number of nitrogens with zero attached hydrogens (tertiary/aromatic N) is 1. The summed E-state index contributed by atoms with van der Waals surface area (Å²) < 4.78 is 37.8. The van der Waals surface area contributed by atoms with Gasteiger partial charge in [-0.3, -0.25) is 0 Å². The molecule has 2 aromatic rings. The van der Waals surface area contributed by atoms with Crippen LogP contribution in [0.2, 0.25) is 0 Å². The van der Waals surface area contributed by atoms with Crippen molar-refractivity contribution in [3.8, 4) is 11.3 Å². The Morgan fingerprint density at radius 2 is 1.86 bits per heavy atom. The maximum Gasteiger partial charge on any atom is 0.361 e. The summed E-state index contributed by atoms with van der Waals surface area (Å²) in [5.41, 5.74) is -0.0312. The lowest BCUT2D eigenvalue weighted by atomic mass is 9.89. The Kier molecular flexibility index (Phi) is 4.42. The number of rotatable bonds is 6. The van der Waals surface area contributed by atoms with Gasteiger partial charge in [-0.25, -0.2) is 0 Å². The predicted octanol–water partition coefficient (Wildman–Crippen LogP) is 4.89. The summed E-state index contributed by atoms with van der Waals surface area (Å²) in [6, 6.07) is 11.0. The van der Waals surface area contributed by atoms with Crippen molar-refractivity contribution in [3.05, 3.63) is 42.1 Å². The highest BCUT2D eigenvalue weighted by atomic mass is 19.3. The van der Waals surface area contributed by atoms with Gasteiger partial charge in [0.2, 0.25) is 0 Å². The zero-order valence-electron chi connectivity index (χ0n) is 12.4. The largest absolute Gasteiger partial charge is 0.361 e. The van der Waals surface area contributed by atoms with E-state index in [0.717, 1.165) is 5.56 Å². The molecular weight excluding hydrogens is 276 g/mol. The fraction of sp³-hybridized carbons (Fsp3) is 0.438. The van der Waals surface area contributed by atoms with Crippen LogP contribution in [-0.4, -0.2) is 11.3 Å². The maximum absolute atomic E-state index is 13.9. The van der Waals surface area contributed by atoms with Crippen molar-refractivity contribution < 1.29 is 18.0 Å². The van der Waals surface area contributed by atoms with Gasteiger partial charge in [-0.1, -0.05) is 56.3 Å². The second kappa shape index (κ2) is 5.93. The van der Waals surface area contributed by atoms with Gasteiger partial charge in [0.25, 0.3) is 0 Å². The SMILES string of the molecule is CCC(C)(C)C(F)(F)OCc1cc(-c2ccccc2)on1. The molecule has 0 fully saturated rings. The summed E-state index contributed by atoms with van der Waals surface area (Å²) in [7, 11) is 0. The lowest BCUT2D eigenvalue weighted by Gasteiger charge is -2.32. The van der Waals surface area contributed by atoms with Crippen molar-refractivity contribution in [1.82, 2.24) is 5.16 Å². The average Bonchev–Trinajstić information content (AvgIpc) is 2.95. The zero-order chi connectivity index (χ0) is 15.5. The van der Waals surface area contributed by atoms with Gasteiger partial charge in [-0.15, -0.1) is 0 Å². The number of hydrogen-bond acceptors (Lipinski definition) is 3. The molecule has 0 amide bonds. The van der Waals surface area contributed by atoms with E-state index in [0.29, 0.717) is 17.9 Å². The van der Waals surface area contributed by atoms with Crippen LogP contribution in [0, 0.1) is 5.41 Å². The first-order chi connectivity index (χ1) is 9.86. The number of alkyl halides is 2. The Balaban J connectivity index is 2.04. The number of hydrogen-bond donors (Lipinski definition) is 0. The molecule has 0 unspecified atom stereocenters. The molecule has 1 heterocycles. The molecule has 114 valence electrons. The quantitative estimate of drug-likeness (QED) is 0.761. The van der Waals surface area contributed by atoms with Crippen LogP contribution in [0.4, 0.5) is 8.78 Å². The molecule has 1 aromatic carbocycles. The molecule has 5 heteroatoms. The van der Waals surface area contributed by atoms with Gasteiger partial charge in [0.1, 0.15) is 5.69 Å². The minimum atomic E-state index is -3.21. The van der Waals surface area contributed by atoms with Gasteiger partial charge >= 0.3 is 6.11 Å². The van der Waals surface area contributed by atoms with Gasteiger partial charge < -0.3 is 9.26 Å². The van der Waals surface area contributed by atoms with Crippen molar-refractivity contribution in [2.45, 2.75) is 39.9 Å². The van der Waals surface area contributed by atoms with Crippen LogP contribution >= 0.6 is 0 Å². The van der Waals surface area contributed by atoms with Crippen LogP contribution in [-0.2, 0) is 11.3 Å². The zero-order valence-corrected chi connectivity index (χ0v) is 12.4. The molecule has 1 aromatic heterocycles.